The van der Waals surface area contributed by atoms with Gasteiger partial charge in [0.1, 0.15) is 0 Å². The Morgan fingerprint density at radius 1 is 0.765 bits per heavy atom. The van der Waals surface area contributed by atoms with Gasteiger partial charge >= 0.3 is 0 Å². The van der Waals surface area contributed by atoms with Crippen LogP contribution in [0.15, 0.2) is 0 Å². The van der Waals surface area contributed by atoms with E-state index in [1.54, 1.807) is 0 Å². The summed E-state index contributed by atoms with van der Waals surface area (Å²) in [4.78, 5) is 0. The van der Waals surface area contributed by atoms with Crippen molar-refractivity contribution in [3.63, 3.8) is 0 Å². The molecule has 0 aliphatic rings. The molecule has 0 aromatic carbocycles. The van der Waals surface area contributed by atoms with E-state index >= 15 is 0 Å². The fraction of sp³-hybridized carbons (Fsp3) is 0.867. The number of hydrogen-bond acceptors (Lipinski definition) is 0. The quantitative estimate of drug-likeness (QED) is 0.543. The van der Waals surface area contributed by atoms with E-state index in [4.69, 9.17) is 0 Å². The minimum absolute atomic E-state index is 0. The van der Waals surface area contributed by atoms with Crippen molar-refractivity contribution in [3.8, 4) is 0 Å². The zero-order chi connectivity index (χ0) is 12.3. The van der Waals surface area contributed by atoms with Crippen LogP contribution in [-0.4, -0.2) is 0 Å². The van der Waals surface area contributed by atoms with Crippen molar-refractivity contribution < 1.29 is 65.4 Å². The van der Waals surface area contributed by atoms with Crippen molar-refractivity contribution in [3.05, 3.63) is 13.8 Å². The third kappa shape index (κ3) is 11.7. The van der Waals surface area contributed by atoms with Gasteiger partial charge in [-0.3, -0.25) is 0 Å². The van der Waals surface area contributed by atoms with Gasteiger partial charge in [-0.15, -0.1) is 0 Å². The second-order valence-corrected chi connectivity index (χ2v) is 6.85. The molecule has 0 nitrogen and oxygen atoms in total. The normalized spacial score (nSPS) is 15.5. The van der Waals surface area contributed by atoms with Crippen molar-refractivity contribution in [2.75, 3.05) is 0 Å². The van der Waals surface area contributed by atoms with Crippen LogP contribution < -0.4 is 0 Å². The third-order valence-corrected chi connectivity index (χ3v) is 3.47. The van der Waals surface area contributed by atoms with E-state index in [-0.39, 0.29) is 76.2 Å². The Hall–Kier alpha value is 2.21. The molecule has 2 heteroatoms. The summed E-state index contributed by atoms with van der Waals surface area (Å²) in [6.45, 7) is 22.2. The minimum Gasteiger partial charge on any atom is -0.338 e. The molecule has 0 aromatic rings. The van der Waals surface area contributed by atoms with E-state index < -0.39 is 0 Å². The van der Waals surface area contributed by atoms with E-state index in [0.717, 1.165) is 6.42 Å². The maximum atomic E-state index is 4.40. The molecular formula is C15H30Y2-2. The maximum absolute atomic E-state index is 4.40. The average molecular weight is 388 g/mol. The van der Waals surface area contributed by atoms with E-state index in [2.05, 4.69) is 55.4 Å². The molecule has 0 fully saturated rings. The summed E-state index contributed by atoms with van der Waals surface area (Å²) in [7, 11) is 0. The topological polar surface area (TPSA) is 0 Å². The van der Waals surface area contributed by atoms with Crippen LogP contribution in [0.5, 0.6) is 0 Å². The number of hydrogen-bond donors (Lipinski definition) is 0. The fourth-order valence-corrected chi connectivity index (χ4v) is 2.75. The van der Waals surface area contributed by atoms with Crippen molar-refractivity contribution in [2.45, 2.75) is 67.2 Å². The smallest absolute Gasteiger partial charge is 0 e. The van der Waals surface area contributed by atoms with Crippen molar-refractivity contribution in [1.29, 1.82) is 0 Å². The zero-order valence-electron chi connectivity index (χ0n) is 12.9. The first-order chi connectivity index (χ1) is 6.54. The predicted octanol–water partition coefficient (Wildman–Crippen LogP) is 5.29. The van der Waals surface area contributed by atoms with Gasteiger partial charge in [0.25, 0.3) is 0 Å². The van der Waals surface area contributed by atoms with Gasteiger partial charge in [-0.05, 0) is 5.41 Å². The standard InChI is InChI=1S/C15H30.2Y/c1-9-15(8,10-2)12-14(6,7)11-13(3,4)5;;/h3,6,9-12H2,1-2,4-5,7-8H3;;/q-2;;. The molecule has 0 heterocycles. The monoisotopic (exact) mass is 388 g/mol. The van der Waals surface area contributed by atoms with E-state index in [1.807, 2.05) is 0 Å². The molecule has 0 bridgehead atoms. The summed E-state index contributed by atoms with van der Waals surface area (Å²) in [5, 5.41) is 0. The number of rotatable bonds is 6. The zero-order valence-corrected chi connectivity index (χ0v) is 18.6. The molecule has 0 saturated heterocycles. The largest absolute Gasteiger partial charge is 0.338 e. The van der Waals surface area contributed by atoms with Gasteiger partial charge in [0.2, 0.25) is 0 Å². The van der Waals surface area contributed by atoms with Gasteiger partial charge in [-0.25, -0.2) is 0 Å². The molecular weight excluding hydrogens is 358 g/mol. The first-order valence-corrected chi connectivity index (χ1v) is 6.24. The molecule has 0 aromatic heterocycles. The summed E-state index contributed by atoms with van der Waals surface area (Å²) >= 11 is 0. The molecule has 1 unspecified atom stereocenters. The molecule has 0 rings (SSSR count). The van der Waals surface area contributed by atoms with Gasteiger partial charge in [0.05, 0.1) is 0 Å². The Morgan fingerprint density at radius 3 is 1.35 bits per heavy atom. The van der Waals surface area contributed by atoms with Gasteiger partial charge < -0.3 is 13.8 Å². The molecule has 0 amide bonds. The molecule has 0 N–H and O–H groups in total. The third-order valence-electron chi connectivity index (χ3n) is 3.47. The fourth-order valence-electron chi connectivity index (χ4n) is 2.75. The molecule has 1 atom stereocenters. The molecule has 0 aliphatic heterocycles. The van der Waals surface area contributed by atoms with Gasteiger partial charge in [-0.1, -0.05) is 67.2 Å². The van der Waals surface area contributed by atoms with E-state index in [1.165, 1.54) is 19.3 Å². The van der Waals surface area contributed by atoms with E-state index in [9.17, 15) is 0 Å². The van der Waals surface area contributed by atoms with Crippen LogP contribution in [-0.2, 0) is 65.4 Å². The SMILES string of the molecule is [CH2-]C(C)(C)CC([CH2-])(C)CC(C)(CC)CC.[Y].[Y]. The average Bonchev–Trinajstić information content (AvgIpc) is 1.98. The van der Waals surface area contributed by atoms with Gasteiger partial charge in [0, 0.05) is 65.4 Å². The molecule has 98 valence electrons. The molecule has 2 radical (unpaired) electrons. The van der Waals surface area contributed by atoms with Crippen molar-refractivity contribution >= 4 is 0 Å². The van der Waals surface area contributed by atoms with Crippen LogP contribution in [0.25, 0.3) is 0 Å². The minimum atomic E-state index is 0. The molecule has 0 spiro atoms. The summed E-state index contributed by atoms with van der Waals surface area (Å²) in [6.07, 6.45) is 4.78. The molecule has 0 aliphatic carbocycles. The van der Waals surface area contributed by atoms with Crippen LogP contribution in [0.3, 0.4) is 0 Å². The van der Waals surface area contributed by atoms with E-state index in [0.29, 0.717) is 5.41 Å². The van der Waals surface area contributed by atoms with Crippen molar-refractivity contribution in [2.24, 2.45) is 16.2 Å². The summed E-state index contributed by atoms with van der Waals surface area (Å²) in [6, 6.07) is 0. The maximum Gasteiger partial charge on any atom is 0 e. The Balaban J connectivity index is -0.000000980. The van der Waals surface area contributed by atoms with Crippen LogP contribution in [0, 0.1) is 30.1 Å². The van der Waals surface area contributed by atoms with Gasteiger partial charge in [0.15, 0.2) is 0 Å². The van der Waals surface area contributed by atoms with Crippen LogP contribution in [0.2, 0.25) is 0 Å². The molecule has 17 heavy (non-hydrogen) atoms. The molecule has 0 saturated carbocycles. The van der Waals surface area contributed by atoms with Gasteiger partial charge in [-0.2, -0.15) is 10.8 Å². The van der Waals surface area contributed by atoms with Crippen molar-refractivity contribution in [1.82, 2.24) is 0 Å². The second-order valence-electron chi connectivity index (χ2n) is 6.85. The van der Waals surface area contributed by atoms with Crippen LogP contribution in [0.4, 0.5) is 0 Å². The summed E-state index contributed by atoms with van der Waals surface area (Å²) < 4.78 is 0. The first kappa shape index (κ1) is 24.2. The first-order valence-electron chi connectivity index (χ1n) is 6.24. The van der Waals surface area contributed by atoms with Crippen LogP contribution in [0.1, 0.15) is 67.2 Å². The van der Waals surface area contributed by atoms with Crippen LogP contribution >= 0.6 is 0 Å². The second kappa shape index (κ2) is 9.20. The Labute approximate surface area is 161 Å². The Kier molecular flexibility index (Phi) is 13.1. The Morgan fingerprint density at radius 2 is 1.12 bits per heavy atom. The summed E-state index contributed by atoms with van der Waals surface area (Å²) in [5.41, 5.74) is 0.743. The summed E-state index contributed by atoms with van der Waals surface area (Å²) in [5.74, 6) is 0. The Bertz CT molecular complexity index is 186. The predicted molar refractivity (Wildman–Crippen MR) is 70.5 cm³/mol.